The predicted octanol–water partition coefficient (Wildman–Crippen LogP) is 2.44. The molecule has 0 fully saturated rings. The topological polar surface area (TPSA) is 68.1 Å². The number of carbonyl (C=O) groups is 1. The summed E-state index contributed by atoms with van der Waals surface area (Å²) < 4.78 is 4.99. The second-order valence-corrected chi connectivity index (χ2v) is 3.63. The molecule has 17 heavy (non-hydrogen) atoms. The zero-order chi connectivity index (χ0) is 12.3. The molecular formula is C13H14N2O2. The van der Waals surface area contributed by atoms with E-state index in [9.17, 15) is 4.79 Å². The number of rotatable bonds is 3. The van der Waals surface area contributed by atoms with Crippen LogP contribution < -0.4 is 5.73 Å². The number of esters is 1. The molecule has 0 atom stereocenters. The van der Waals surface area contributed by atoms with Gasteiger partial charge >= 0.3 is 5.97 Å². The first kappa shape index (κ1) is 11.3. The van der Waals surface area contributed by atoms with Gasteiger partial charge in [-0.1, -0.05) is 12.1 Å². The molecule has 0 saturated heterocycles. The Balaban J connectivity index is 2.36. The Morgan fingerprint density at radius 1 is 1.29 bits per heavy atom. The van der Waals surface area contributed by atoms with Crippen molar-refractivity contribution in [3.05, 3.63) is 42.2 Å². The maximum Gasteiger partial charge on any atom is 0.340 e. The molecule has 1 heterocycles. The van der Waals surface area contributed by atoms with Crippen molar-refractivity contribution in [1.29, 1.82) is 0 Å². The fourth-order valence-electron chi connectivity index (χ4n) is 1.64. The Hall–Kier alpha value is -2.23. The van der Waals surface area contributed by atoms with Crippen LogP contribution in [0.3, 0.4) is 0 Å². The predicted molar refractivity (Wildman–Crippen MR) is 66.6 cm³/mol. The molecule has 1 aromatic carbocycles. The lowest BCUT2D eigenvalue weighted by molar-refractivity contribution is 0.0527. The number of hydrogen-bond acceptors (Lipinski definition) is 3. The van der Waals surface area contributed by atoms with Gasteiger partial charge in [0, 0.05) is 23.6 Å². The average Bonchev–Trinajstić information content (AvgIpc) is 2.79. The van der Waals surface area contributed by atoms with Gasteiger partial charge in [-0.2, -0.15) is 0 Å². The van der Waals surface area contributed by atoms with Crippen LogP contribution >= 0.6 is 0 Å². The number of carbonyl (C=O) groups excluding carboxylic acids is 1. The normalized spacial score (nSPS) is 10.2. The molecule has 0 spiro atoms. The van der Waals surface area contributed by atoms with Crippen LogP contribution in [0.5, 0.6) is 0 Å². The lowest BCUT2D eigenvalue weighted by Gasteiger charge is -2.04. The zero-order valence-corrected chi connectivity index (χ0v) is 9.57. The summed E-state index contributed by atoms with van der Waals surface area (Å²) in [7, 11) is 0. The molecule has 2 aromatic rings. The van der Waals surface area contributed by atoms with E-state index in [1.54, 1.807) is 31.5 Å². The van der Waals surface area contributed by atoms with Gasteiger partial charge in [0.1, 0.15) is 0 Å². The maximum atomic E-state index is 11.7. The maximum absolute atomic E-state index is 11.7. The second-order valence-electron chi connectivity index (χ2n) is 3.63. The first-order chi connectivity index (χ1) is 8.22. The van der Waals surface area contributed by atoms with E-state index in [4.69, 9.17) is 10.5 Å². The highest BCUT2D eigenvalue weighted by Crippen LogP contribution is 2.24. The average molecular weight is 230 g/mol. The van der Waals surface area contributed by atoms with Gasteiger partial charge < -0.3 is 15.5 Å². The minimum atomic E-state index is -0.319. The van der Waals surface area contributed by atoms with Gasteiger partial charge in [0.05, 0.1) is 12.2 Å². The third kappa shape index (κ3) is 2.30. The molecule has 0 aliphatic rings. The van der Waals surface area contributed by atoms with Gasteiger partial charge in [-0.05, 0) is 24.6 Å². The fourth-order valence-corrected chi connectivity index (χ4v) is 1.64. The second kappa shape index (κ2) is 4.74. The van der Waals surface area contributed by atoms with E-state index in [2.05, 4.69) is 4.98 Å². The summed E-state index contributed by atoms with van der Waals surface area (Å²) in [6.07, 6.45) is 3.42. The van der Waals surface area contributed by atoms with Gasteiger partial charge in [0.2, 0.25) is 0 Å². The Morgan fingerprint density at radius 3 is 2.65 bits per heavy atom. The Labute approximate surface area is 99.4 Å². The van der Waals surface area contributed by atoms with E-state index in [-0.39, 0.29) is 5.97 Å². The van der Waals surface area contributed by atoms with Crippen LogP contribution in [0.25, 0.3) is 11.1 Å². The van der Waals surface area contributed by atoms with E-state index >= 15 is 0 Å². The number of nitrogen functional groups attached to an aromatic ring is 1. The summed E-state index contributed by atoms with van der Waals surface area (Å²) >= 11 is 0. The highest BCUT2D eigenvalue weighted by Gasteiger charge is 2.14. The summed E-state index contributed by atoms with van der Waals surface area (Å²) in [4.78, 5) is 14.6. The lowest BCUT2D eigenvalue weighted by Crippen LogP contribution is -2.04. The number of ether oxygens (including phenoxy) is 1. The Bertz CT molecular complexity index is 514. The van der Waals surface area contributed by atoms with Crippen molar-refractivity contribution in [3.63, 3.8) is 0 Å². The summed E-state index contributed by atoms with van der Waals surface area (Å²) in [6, 6.07) is 7.36. The number of hydrogen-bond donors (Lipinski definition) is 2. The van der Waals surface area contributed by atoms with E-state index in [0.717, 1.165) is 11.1 Å². The van der Waals surface area contributed by atoms with Crippen LogP contribution in [-0.2, 0) is 4.74 Å². The summed E-state index contributed by atoms with van der Waals surface area (Å²) in [5.74, 6) is -0.319. The smallest absolute Gasteiger partial charge is 0.340 e. The van der Waals surface area contributed by atoms with Crippen molar-refractivity contribution in [1.82, 2.24) is 4.98 Å². The number of benzene rings is 1. The van der Waals surface area contributed by atoms with Crippen LogP contribution in [0.1, 0.15) is 17.3 Å². The molecular weight excluding hydrogens is 216 g/mol. The number of aromatic nitrogens is 1. The van der Waals surface area contributed by atoms with E-state index in [1.165, 1.54) is 0 Å². The standard InChI is InChI=1S/C13H14N2O2/c1-2-17-13(16)12-8-15-7-11(12)9-3-5-10(14)6-4-9/h3-8,15H,2,14H2,1H3. The first-order valence-corrected chi connectivity index (χ1v) is 5.42. The van der Waals surface area contributed by atoms with Crippen molar-refractivity contribution in [2.24, 2.45) is 0 Å². The molecule has 0 saturated carbocycles. The molecule has 88 valence electrons. The van der Waals surface area contributed by atoms with Crippen LogP contribution in [0.4, 0.5) is 5.69 Å². The molecule has 1 aromatic heterocycles. The quantitative estimate of drug-likeness (QED) is 0.628. The molecule has 4 heteroatoms. The molecule has 0 aliphatic carbocycles. The van der Waals surface area contributed by atoms with E-state index in [1.807, 2.05) is 12.1 Å². The van der Waals surface area contributed by atoms with Gasteiger partial charge in [-0.15, -0.1) is 0 Å². The molecule has 0 bridgehead atoms. The monoisotopic (exact) mass is 230 g/mol. The number of anilines is 1. The van der Waals surface area contributed by atoms with Gasteiger partial charge in [0.15, 0.2) is 0 Å². The van der Waals surface area contributed by atoms with Crippen molar-refractivity contribution in [3.8, 4) is 11.1 Å². The van der Waals surface area contributed by atoms with Crippen molar-refractivity contribution in [2.45, 2.75) is 6.92 Å². The minimum absolute atomic E-state index is 0.319. The lowest BCUT2D eigenvalue weighted by atomic mass is 10.0. The van der Waals surface area contributed by atoms with Gasteiger partial charge in [0.25, 0.3) is 0 Å². The Kier molecular flexibility index (Phi) is 3.14. The highest BCUT2D eigenvalue weighted by atomic mass is 16.5. The van der Waals surface area contributed by atoms with Crippen LogP contribution in [0.15, 0.2) is 36.7 Å². The molecule has 0 unspecified atom stereocenters. The molecule has 0 amide bonds. The minimum Gasteiger partial charge on any atom is -0.462 e. The summed E-state index contributed by atoms with van der Waals surface area (Å²) in [6.45, 7) is 2.15. The SMILES string of the molecule is CCOC(=O)c1c[nH]cc1-c1ccc(N)cc1. The van der Waals surface area contributed by atoms with Crippen LogP contribution in [-0.4, -0.2) is 17.6 Å². The fraction of sp³-hybridized carbons (Fsp3) is 0.154. The number of nitrogens with two attached hydrogens (primary N) is 1. The molecule has 4 nitrogen and oxygen atoms in total. The molecule has 2 rings (SSSR count). The molecule has 0 radical (unpaired) electrons. The van der Waals surface area contributed by atoms with E-state index < -0.39 is 0 Å². The van der Waals surface area contributed by atoms with Gasteiger partial charge in [-0.25, -0.2) is 4.79 Å². The molecule has 0 aliphatic heterocycles. The van der Waals surface area contributed by atoms with Crippen molar-refractivity contribution in [2.75, 3.05) is 12.3 Å². The van der Waals surface area contributed by atoms with Crippen LogP contribution in [0, 0.1) is 0 Å². The number of aromatic amines is 1. The van der Waals surface area contributed by atoms with Crippen LogP contribution in [0.2, 0.25) is 0 Å². The molecule has 3 N–H and O–H groups in total. The first-order valence-electron chi connectivity index (χ1n) is 5.42. The third-order valence-electron chi connectivity index (χ3n) is 2.46. The summed E-state index contributed by atoms with van der Waals surface area (Å²) in [5, 5.41) is 0. The number of H-pyrrole nitrogens is 1. The number of nitrogens with one attached hydrogen (secondary N) is 1. The summed E-state index contributed by atoms with van der Waals surface area (Å²) in [5.41, 5.74) is 8.62. The third-order valence-corrected chi connectivity index (χ3v) is 2.46. The van der Waals surface area contributed by atoms with Crippen molar-refractivity contribution >= 4 is 11.7 Å². The highest BCUT2D eigenvalue weighted by molar-refractivity contribution is 5.97. The van der Waals surface area contributed by atoms with Gasteiger partial charge in [-0.3, -0.25) is 0 Å². The van der Waals surface area contributed by atoms with Crippen molar-refractivity contribution < 1.29 is 9.53 Å². The zero-order valence-electron chi connectivity index (χ0n) is 9.57. The largest absolute Gasteiger partial charge is 0.462 e. The Morgan fingerprint density at radius 2 is 2.00 bits per heavy atom. The van der Waals surface area contributed by atoms with E-state index in [0.29, 0.717) is 17.9 Å².